The summed E-state index contributed by atoms with van der Waals surface area (Å²) < 4.78 is 15.4. The van der Waals surface area contributed by atoms with Crippen LogP contribution in [0.2, 0.25) is 0 Å². The highest BCUT2D eigenvalue weighted by atomic mass is 31.2. The van der Waals surface area contributed by atoms with Crippen molar-refractivity contribution in [2.75, 3.05) is 13.3 Å². The second-order valence-corrected chi connectivity index (χ2v) is 5.21. The van der Waals surface area contributed by atoms with Crippen molar-refractivity contribution in [1.29, 1.82) is 0 Å². The number of carbonyl (C=O) groups is 1. The molecular formula is C10H17O4P. The molecular weight excluding hydrogens is 215 g/mol. The normalized spacial score (nSPS) is 16.0. The molecule has 0 heterocycles. The number of ketones is 1. The maximum Gasteiger partial charge on any atom is 0.335 e. The third kappa shape index (κ3) is 6.46. The van der Waals surface area contributed by atoms with Gasteiger partial charge in [0.15, 0.2) is 0 Å². The average molecular weight is 232 g/mol. The molecule has 0 aliphatic carbocycles. The second kappa shape index (κ2) is 6.79. The third-order valence-electron chi connectivity index (χ3n) is 1.90. The van der Waals surface area contributed by atoms with Crippen LogP contribution in [0.1, 0.15) is 26.7 Å². The first-order valence-electron chi connectivity index (χ1n) is 4.79. The first kappa shape index (κ1) is 14.4. The highest BCUT2D eigenvalue weighted by molar-refractivity contribution is 7.53. The zero-order valence-electron chi connectivity index (χ0n) is 9.32. The summed E-state index contributed by atoms with van der Waals surface area (Å²) in [5, 5.41) is 0. The maximum absolute atomic E-state index is 11.4. The van der Waals surface area contributed by atoms with Crippen LogP contribution in [0, 0.1) is 17.8 Å². The van der Waals surface area contributed by atoms with Crippen LogP contribution in [0.25, 0.3) is 0 Å². The molecule has 86 valence electrons. The van der Waals surface area contributed by atoms with Gasteiger partial charge in [0.05, 0.1) is 0 Å². The fraction of sp³-hybridized carbons (Fsp3) is 0.700. The Labute approximate surface area is 90.6 Å². The van der Waals surface area contributed by atoms with Crippen LogP contribution in [0.3, 0.4) is 0 Å². The van der Waals surface area contributed by atoms with E-state index in [0.29, 0.717) is 6.42 Å². The number of hydrogen-bond acceptors (Lipinski definition) is 3. The summed E-state index contributed by atoms with van der Waals surface area (Å²) in [6.45, 7) is 3.62. The fourth-order valence-electron chi connectivity index (χ4n) is 0.881. The molecule has 0 aliphatic rings. The standard InChI is InChI=1S/C10H17O4P/c1-4-5-6-7-9(2)10(11)8-15(12,13)14-3/h9H,4,7-8H2,1-3H3,(H,12,13). The molecule has 0 aromatic heterocycles. The van der Waals surface area contributed by atoms with Gasteiger partial charge >= 0.3 is 7.60 Å². The smallest absolute Gasteiger partial charge is 0.324 e. The molecule has 0 radical (unpaired) electrons. The van der Waals surface area contributed by atoms with Gasteiger partial charge in [-0.25, -0.2) is 0 Å². The Balaban J connectivity index is 4.16. The largest absolute Gasteiger partial charge is 0.335 e. The minimum atomic E-state index is -3.72. The quantitative estimate of drug-likeness (QED) is 0.580. The highest BCUT2D eigenvalue weighted by Gasteiger charge is 2.25. The molecule has 0 saturated heterocycles. The maximum atomic E-state index is 11.4. The van der Waals surface area contributed by atoms with Crippen molar-refractivity contribution >= 4 is 13.4 Å². The van der Waals surface area contributed by atoms with Gasteiger partial charge in [-0.3, -0.25) is 9.36 Å². The van der Waals surface area contributed by atoms with Gasteiger partial charge in [0, 0.05) is 25.9 Å². The Morgan fingerprint density at radius 3 is 2.60 bits per heavy atom. The first-order chi connectivity index (χ1) is 6.93. The van der Waals surface area contributed by atoms with Crippen LogP contribution in [0.15, 0.2) is 0 Å². The lowest BCUT2D eigenvalue weighted by Crippen LogP contribution is -2.15. The molecule has 0 aromatic carbocycles. The van der Waals surface area contributed by atoms with Gasteiger partial charge in [-0.15, -0.1) is 11.8 Å². The van der Waals surface area contributed by atoms with Crippen molar-refractivity contribution in [2.45, 2.75) is 26.7 Å². The van der Waals surface area contributed by atoms with Crippen molar-refractivity contribution in [2.24, 2.45) is 5.92 Å². The summed E-state index contributed by atoms with van der Waals surface area (Å²) in [6.07, 6.45) is 0.742. The molecule has 0 rings (SSSR count). The summed E-state index contributed by atoms with van der Waals surface area (Å²) in [5.41, 5.74) is 0. The molecule has 2 unspecified atom stereocenters. The van der Waals surface area contributed by atoms with E-state index in [4.69, 9.17) is 4.89 Å². The van der Waals surface area contributed by atoms with E-state index < -0.39 is 13.8 Å². The van der Waals surface area contributed by atoms with Gasteiger partial charge in [0.25, 0.3) is 0 Å². The van der Waals surface area contributed by atoms with E-state index in [1.807, 2.05) is 6.92 Å². The number of hydrogen-bond donors (Lipinski definition) is 1. The van der Waals surface area contributed by atoms with Crippen molar-refractivity contribution in [3.63, 3.8) is 0 Å². The summed E-state index contributed by atoms with van der Waals surface area (Å²) in [4.78, 5) is 20.5. The Morgan fingerprint density at radius 1 is 1.53 bits per heavy atom. The van der Waals surface area contributed by atoms with Crippen LogP contribution < -0.4 is 0 Å². The van der Waals surface area contributed by atoms with Gasteiger partial charge < -0.3 is 9.42 Å². The highest BCUT2D eigenvalue weighted by Crippen LogP contribution is 2.41. The lowest BCUT2D eigenvalue weighted by atomic mass is 10.0. The Morgan fingerprint density at radius 2 is 2.13 bits per heavy atom. The average Bonchev–Trinajstić information content (AvgIpc) is 2.17. The lowest BCUT2D eigenvalue weighted by Gasteiger charge is -2.10. The SMILES string of the molecule is CCC#CCC(C)C(=O)CP(=O)(O)OC. The Bertz CT molecular complexity index is 313. The van der Waals surface area contributed by atoms with Gasteiger partial charge in [0.1, 0.15) is 11.9 Å². The van der Waals surface area contributed by atoms with Crippen LogP contribution in [0.4, 0.5) is 0 Å². The Kier molecular flexibility index (Phi) is 6.51. The molecule has 5 heteroatoms. The van der Waals surface area contributed by atoms with Gasteiger partial charge in [-0.05, 0) is 0 Å². The topological polar surface area (TPSA) is 63.6 Å². The van der Waals surface area contributed by atoms with Crippen LogP contribution in [-0.2, 0) is 13.9 Å². The molecule has 0 bridgehead atoms. The molecule has 2 atom stereocenters. The van der Waals surface area contributed by atoms with Crippen LogP contribution in [-0.4, -0.2) is 23.9 Å². The van der Waals surface area contributed by atoms with Crippen molar-refractivity contribution < 1.29 is 18.8 Å². The van der Waals surface area contributed by atoms with Crippen molar-refractivity contribution in [3.8, 4) is 11.8 Å². The predicted octanol–water partition coefficient (Wildman–Crippen LogP) is 1.83. The number of carbonyl (C=O) groups excluding carboxylic acids is 1. The molecule has 0 aliphatic heterocycles. The molecule has 15 heavy (non-hydrogen) atoms. The van der Waals surface area contributed by atoms with E-state index in [2.05, 4.69) is 16.4 Å². The van der Waals surface area contributed by atoms with E-state index in [-0.39, 0.29) is 11.7 Å². The monoisotopic (exact) mass is 232 g/mol. The molecule has 0 aromatic rings. The lowest BCUT2D eigenvalue weighted by molar-refractivity contribution is -0.119. The molecule has 0 saturated carbocycles. The third-order valence-corrected chi connectivity index (χ3v) is 3.18. The summed E-state index contributed by atoms with van der Waals surface area (Å²) in [7, 11) is -2.60. The van der Waals surface area contributed by atoms with Crippen LogP contribution in [0.5, 0.6) is 0 Å². The molecule has 0 fully saturated rings. The zero-order chi connectivity index (χ0) is 11.9. The summed E-state index contributed by atoms with van der Waals surface area (Å²) in [6, 6.07) is 0. The van der Waals surface area contributed by atoms with E-state index in [0.717, 1.165) is 13.5 Å². The van der Waals surface area contributed by atoms with Crippen LogP contribution >= 0.6 is 7.60 Å². The second-order valence-electron chi connectivity index (χ2n) is 3.26. The predicted molar refractivity (Wildman–Crippen MR) is 58.6 cm³/mol. The molecule has 0 amide bonds. The van der Waals surface area contributed by atoms with Gasteiger partial charge in [0.2, 0.25) is 0 Å². The van der Waals surface area contributed by atoms with Gasteiger partial charge in [-0.2, -0.15) is 0 Å². The molecule has 0 spiro atoms. The first-order valence-corrected chi connectivity index (χ1v) is 6.55. The number of rotatable bonds is 5. The minimum absolute atomic E-state index is 0.284. The summed E-state index contributed by atoms with van der Waals surface area (Å²) >= 11 is 0. The van der Waals surface area contributed by atoms with Crippen molar-refractivity contribution in [1.82, 2.24) is 0 Å². The van der Waals surface area contributed by atoms with Crippen molar-refractivity contribution in [3.05, 3.63) is 0 Å². The molecule has 1 N–H and O–H groups in total. The van der Waals surface area contributed by atoms with E-state index in [1.54, 1.807) is 6.92 Å². The fourth-order valence-corrected chi connectivity index (χ4v) is 1.72. The Hall–Kier alpha value is -0.620. The van der Waals surface area contributed by atoms with E-state index in [9.17, 15) is 9.36 Å². The van der Waals surface area contributed by atoms with E-state index >= 15 is 0 Å². The summed E-state index contributed by atoms with van der Waals surface area (Å²) in [5.74, 6) is 5.08. The number of Topliss-reactive ketones (excluding diaryl/α,β-unsaturated/α-hetero) is 1. The van der Waals surface area contributed by atoms with E-state index in [1.165, 1.54) is 0 Å². The molecule has 4 nitrogen and oxygen atoms in total. The minimum Gasteiger partial charge on any atom is -0.324 e. The zero-order valence-corrected chi connectivity index (χ0v) is 10.2. The van der Waals surface area contributed by atoms with Gasteiger partial charge in [-0.1, -0.05) is 13.8 Å².